The minimum Gasteiger partial charge on any atom is -0.327 e. The average Bonchev–Trinajstić information content (AvgIpc) is 3.02. The zero-order valence-corrected chi connectivity index (χ0v) is 13.9. The van der Waals surface area contributed by atoms with E-state index in [0.717, 1.165) is 6.07 Å². The topological polar surface area (TPSA) is 46.9 Å². The van der Waals surface area contributed by atoms with Gasteiger partial charge in [0.1, 0.15) is 5.82 Å². The van der Waals surface area contributed by atoms with E-state index < -0.39 is 11.7 Å². The van der Waals surface area contributed by atoms with Crippen LogP contribution in [0.4, 0.5) is 18.9 Å². The summed E-state index contributed by atoms with van der Waals surface area (Å²) in [5.74, 6) is 0.318. The molecule has 1 heterocycles. The highest BCUT2D eigenvalue weighted by atomic mass is 19.4. The molecule has 0 bridgehead atoms. The van der Waals surface area contributed by atoms with Crippen molar-refractivity contribution in [3.8, 4) is 11.4 Å². The molecule has 0 saturated heterocycles. The monoisotopic (exact) mass is 359 g/mol. The Labute approximate surface area is 148 Å². The molecular weight excluding hydrogens is 343 g/mol. The number of benzene rings is 2. The first kappa shape index (κ1) is 17.7. The maximum Gasteiger partial charge on any atom is 0.416 e. The van der Waals surface area contributed by atoms with Gasteiger partial charge in [-0.1, -0.05) is 30.3 Å². The molecule has 0 atom stereocenters. The predicted octanol–water partition coefficient (Wildman–Crippen LogP) is 4.58. The highest BCUT2D eigenvalue weighted by Crippen LogP contribution is 2.32. The van der Waals surface area contributed by atoms with Crippen LogP contribution in [0.2, 0.25) is 0 Å². The largest absolute Gasteiger partial charge is 0.416 e. The van der Waals surface area contributed by atoms with Crippen molar-refractivity contribution >= 4 is 11.6 Å². The van der Waals surface area contributed by atoms with Gasteiger partial charge >= 0.3 is 6.18 Å². The summed E-state index contributed by atoms with van der Waals surface area (Å²) in [7, 11) is 0. The number of carbonyl (C=O) groups is 1. The van der Waals surface area contributed by atoms with E-state index >= 15 is 0 Å². The normalized spacial score (nSPS) is 11.4. The van der Waals surface area contributed by atoms with Crippen LogP contribution in [-0.2, 0) is 17.5 Å². The van der Waals surface area contributed by atoms with E-state index in [9.17, 15) is 18.0 Å². The van der Waals surface area contributed by atoms with Crippen molar-refractivity contribution in [2.75, 3.05) is 5.32 Å². The van der Waals surface area contributed by atoms with E-state index in [1.807, 2.05) is 0 Å². The van der Waals surface area contributed by atoms with Crippen LogP contribution in [0.1, 0.15) is 18.1 Å². The average molecular weight is 359 g/mol. The molecule has 26 heavy (non-hydrogen) atoms. The lowest BCUT2D eigenvalue weighted by atomic mass is 10.1. The van der Waals surface area contributed by atoms with Crippen molar-refractivity contribution in [1.82, 2.24) is 9.55 Å². The Hall–Kier alpha value is -3.09. The molecule has 7 heteroatoms. The van der Waals surface area contributed by atoms with E-state index in [1.165, 1.54) is 25.3 Å². The Morgan fingerprint density at radius 2 is 1.92 bits per heavy atom. The summed E-state index contributed by atoms with van der Waals surface area (Å²) in [6.07, 6.45) is -1.24. The standard InChI is InChI=1S/C19H16F3N3O/c1-13(26)24-16-7-4-6-14(11-16)18-23-9-10-25(18)12-15-5-2-3-8-17(15)19(20,21)22/h2-11H,12H2,1H3,(H,24,26). The first-order valence-corrected chi connectivity index (χ1v) is 7.89. The van der Waals surface area contributed by atoms with Crippen LogP contribution in [0.25, 0.3) is 11.4 Å². The van der Waals surface area contributed by atoms with E-state index in [4.69, 9.17) is 0 Å². The molecule has 134 valence electrons. The zero-order valence-electron chi connectivity index (χ0n) is 13.9. The number of alkyl halides is 3. The van der Waals surface area contributed by atoms with Crippen LogP contribution in [0, 0.1) is 0 Å². The lowest BCUT2D eigenvalue weighted by molar-refractivity contribution is -0.138. The fourth-order valence-corrected chi connectivity index (χ4v) is 2.75. The Morgan fingerprint density at radius 3 is 2.65 bits per heavy atom. The number of nitrogens with one attached hydrogen (secondary N) is 1. The fourth-order valence-electron chi connectivity index (χ4n) is 2.75. The lowest BCUT2D eigenvalue weighted by Crippen LogP contribution is -2.12. The number of carbonyl (C=O) groups excluding carboxylic acids is 1. The molecule has 0 fully saturated rings. The molecule has 0 saturated carbocycles. The smallest absolute Gasteiger partial charge is 0.327 e. The third kappa shape index (κ3) is 3.93. The number of aromatic nitrogens is 2. The molecule has 1 amide bonds. The number of imidazole rings is 1. The van der Waals surface area contributed by atoms with Gasteiger partial charge in [0.15, 0.2) is 0 Å². The van der Waals surface area contributed by atoms with Crippen LogP contribution in [0.5, 0.6) is 0 Å². The van der Waals surface area contributed by atoms with Gasteiger partial charge in [-0.25, -0.2) is 4.98 Å². The molecule has 1 N–H and O–H groups in total. The van der Waals surface area contributed by atoms with Crippen molar-refractivity contribution in [2.24, 2.45) is 0 Å². The van der Waals surface area contributed by atoms with Crippen LogP contribution >= 0.6 is 0 Å². The Kier molecular flexibility index (Phi) is 4.79. The molecule has 0 aliphatic rings. The Bertz CT molecular complexity index is 932. The van der Waals surface area contributed by atoms with Gasteiger partial charge in [-0.15, -0.1) is 0 Å². The number of hydrogen-bond acceptors (Lipinski definition) is 2. The number of nitrogens with zero attached hydrogens (tertiary/aromatic N) is 2. The number of halogens is 3. The summed E-state index contributed by atoms with van der Waals surface area (Å²) < 4.78 is 41.3. The maximum absolute atomic E-state index is 13.2. The molecule has 4 nitrogen and oxygen atoms in total. The van der Waals surface area contributed by atoms with Crippen LogP contribution in [0.3, 0.4) is 0 Å². The van der Waals surface area contributed by atoms with Gasteiger partial charge in [0.05, 0.1) is 5.56 Å². The quantitative estimate of drug-likeness (QED) is 0.741. The van der Waals surface area contributed by atoms with Crippen molar-refractivity contribution in [3.05, 3.63) is 72.1 Å². The summed E-state index contributed by atoms with van der Waals surface area (Å²) in [5.41, 5.74) is 0.801. The van der Waals surface area contributed by atoms with Crippen LogP contribution in [0.15, 0.2) is 60.9 Å². The Balaban J connectivity index is 1.95. The highest BCUT2D eigenvalue weighted by molar-refractivity contribution is 5.89. The molecule has 3 rings (SSSR count). The van der Waals surface area contributed by atoms with Gasteiger partial charge in [0.25, 0.3) is 0 Å². The summed E-state index contributed by atoms with van der Waals surface area (Å²) in [6, 6.07) is 12.5. The lowest BCUT2D eigenvalue weighted by Gasteiger charge is -2.15. The van der Waals surface area contributed by atoms with E-state index in [2.05, 4.69) is 10.3 Å². The van der Waals surface area contributed by atoms with E-state index in [0.29, 0.717) is 17.1 Å². The van der Waals surface area contributed by atoms with Gasteiger partial charge in [0.2, 0.25) is 5.91 Å². The van der Waals surface area contributed by atoms with E-state index in [-0.39, 0.29) is 18.0 Å². The summed E-state index contributed by atoms with van der Waals surface area (Å²) in [5, 5.41) is 2.68. The SMILES string of the molecule is CC(=O)Nc1cccc(-c2nccn2Cc2ccccc2C(F)(F)F)c1. The minimum absolute atomic E-state index is 0.0371. The molecule has 0 unspecified atom stereocenters. The summed E-state index contributed by atoms with van der Waals surface area (Å²) >= 11 is 0. The third-order valence-electron chi connectivity index (χ3n) is 3.82. The van der Waals surface area contributed by atoms with Gasteiger partial charge in [-0.3, -0.25) is 4.79 Å². The first-order valence-electron chi connectivity index (χ1n) is 7.89. The predicted molar refractivity (Wildman–Crippen MR) is 92.5 cm³/mol. The van der Waals surface area contributed by atoms with Crippen molar-refractivity contribution in [1.29, 1.82) is 0 Å². The van der Waals surface area contributed by atoms with Crippen molar-refractivity contribution in [2.45, 2.75) is 19.6 Å². The number of rotatable bonds is 4. The molecular formula is C19H16F3N3O. The third-order valence-corrected chi connectivity index (χ3v) is 3.82. The molecule has 0 aliphatic heterocycles. The second-order valence-electron chi connectivity index (χ2n) is 5.80. The second kappa shape index (κ2) is 7.03. The first-order chi connectivity index (χ1) is 12.3. The molecule has 0 radical (unpaired) electrons. The van der Waals surface area contributed by atoms with E-state index in [1.54, 1.807) is 41.1 Å². The van der Waals surface area contributed by atoms with Crippen molar-refractivity contribution < 1.29 is 18.0 Å². The molecule has 1 aromatic heterocycles. The van der Waals surface area contributed by atoms with Gasteiger partial charge in [-0.05, 0) is 23.8 Å². The number of anilines is 1. The molecule has 2 aromatic carbocycles. The fraction of sp³-hybridized carbons (Fsp3) is 0.158. The van der Waals surface area contributed by atoms with Crippen molar-refractivity contribution in [3.63, 3.8) is 0 Å². The zero-order chi connectivity index (χ0) is 18.7. The minimum atomic E-state index is -4.41. The summed E-state index contributed by atoms with van der Waals surface area (Å²) in [6.45, 7) is 1.44. The number of amides is 1. The van der Waals surface area contributed by atoms with Gasteiger partial charge in [0, 0.05) is 37.1 Å². The molecule has 3 aromatic rings. The van der Waals surface area contributed by atoms with Crippen LogP contribution < -0.4 is 5.32 Å². The Morgan fingerprint density at radius 1 is 1.15 bits per heavy atom. The second-order valence-corrected chi connectivity index (χ2v) is 5.80. The number of hydrogen-bond donors (Lipinski definition) is 1. The maximum atomic E-state index is 13.2. The summed E-state index contributed by atoms with van der Waals surface area (Å²) in [4.78, 5) is 15.5. The van der Waals surface area contributed by atoms with Gasteiger partial charge < -0.3 is 9.88 Å². The highest BCUT2D eigenvalue weighted by Gasteiger charge is 2.33. The molecule has 0 aliphatic carbocycles. The molecule has 0 spiro atoms. The van der Waals surface area contributed by atoms with Crippen LogP contribution in [-0.4, -0.2) is 15.5 Å². The van der Waals surface area contributed by atoms with Gasteiger partial charge in [-0.2, -0.15) is 13.2 Å².